The SMILES string of the molecule is C[C@@H]1OC(C(C)(C)CP(c2ccccc2)c2ccccc2)=N[C@@H]1C(C)(C)O[Si](C)(C)C. The Morgan fingerprint density at radius 1 is 0.903 bits per heavy atom. The van der Waals surface area contributed by atoms with E-state index in [4.69, 9.17) is 14.2 Å². The Hall–Kier alpha value is -1.48. The molecule has 0 fully saturated rings. The summed E-state index contributed by atoms with van der Waals surface area (Å²) in [5.74, 6) is 0.872. The Morgan fingerprint density at radius 3 is 1.84 bits per heavy atom. The first-order valence-electron chi connectivity index (χ1n) is 11.2. The van der Waals surface area contributed by atoms with Gasteiger partial charge in [-0.1, -0.05) is 74.5 Å². The van der Waals surface area contributed by atoms with E-state index in [1.54, 1.807) is 0 Å². The minimum atomic E-state index is -1.69. The Morgan fingerprint density at radius 2 is 1.39 bits per heavy atom. The molecule has 0 bridgehead atoms. The van der Waals surface area contributed by atoms with Crippen LogP contribution in [-0.4, -0.2) is 38.1 Å². The van der Waals surface area contributed by atoms with Crippen LogP contribution in [-0.2, 0) is 9.16 Å². The van der Waals surface area contributed by atoms with Crippen LogP contribution >= 0.6 is 7.92 Å². The third-order valence-corrected chi connectivity index (χ3v) is 9.64. The summed E-state index contributed by atoms with van der Waals surface area (Å²) >= 11 is 0. The van der Waals surface area contributed by atoms with Crippen molar-refractivity contribution >= 4 is 32.7 Å². The lowest BCUT2D eigenvalue weighted by Crippen LogP contribution is -2.48. The van der Waals surface area contributed by atoms with Crippen LogP contribution in [0, 0.1) is 5.41 Å². The average Bonchev–Trinajstić information content (AvgIpc) is 3.09. The molecule has 1 heterocycles. The number of hydrogen-bond donors (Lipinski definition) is 0. The van der Waals surface area contributed by atoms with Crippen molar-refractivity contribution < 1.29 is 9.16 Å². The molecule has 5 heteroatoms. The molecule has 0 N–H and O–H groups in total. The molecule has 2 aromatic carbocycles. The Kier molecular flexibility index (Phi) is 7.15. The van der Waals surface area contributed by atoms with Crippen LogP contribution in [0.3, 0.4) is 0 Å². The lowest BCUT2D eigenvalue weighted by atomic mass is 9.95. The molecule has 1 aliphatic rings. The summed E-state index contributed by atoms with van der Waals surface area (Å²) in [7, 11) is -2.21. The molecule has 0 aliphatic carbocycles. The van der Waals surface area contributed by atoms with Gasteiger partial charge >= 0.3 is 0 Å². The van der Waals surface area contributed by atoms with Crippen molar-refractivity contribution in [3.8, 4) is 0 Å². The molecule has 2 atom stereocenters. The topological polar surface area (TPSA) is 30.8 Å². The average molecular weight is 456 g/mol. The quantitative estimate of drug-likeness (QED) is 0.363. The van der Waals surface area contributed by atoms with Gasteiger partial charge in [-0.2, -0.15) is 0 Å². The summed E-state index contributed by atoms with van der Waals surface area (Å²) < 4.78 is 12.9. The molecule has 0 unspecified atom stereocenters. The maximum Gasteiger partial charge on any atom is 0.190 e. The molecule has 31 heavy (non-hydrogen) atoms. The Balaban J connectivity index is 1.89. The van der Waals surface area contributed by atoms with Crippen molar-refractivity contribution in [2.75, 3.05) is 6.16 Å². The van der Waals surface area contributed by atoms with Gasteiger partial charge in [-0.05, 0) is 65.1 Å². The van der Waals surface area contributed by atoms with Crippen LogP contribution < -0.4 is 10.6 Å². The minimum absolute atomic E-state index is 0.00757. The molecule has 3 rings (SSSR count). The first-order chi connectivity index (χ1) is 14.4. The smallest absolute Gasteiger partial charge is 0.190 e. The van der Waals surface area contributed by atoms with E-state index < -0.39 is 16.2 Å². The molecule has 3 nitrogen and oxygen atoms in total. The molecule has 168 valence electrons. The summed E-state index contributed by atoms with van der Waals surface area (Å²) in [6.45, 7) is 17.7. The van der Waals surface area contributed by atoms with Gasteiger partial charge in [0.25, 0.3) is 0 Å². The fraction of sp³-hybridized carbons (Fsp3) is 0.500. The fourth-order valence-corrected chi connectivity index (χ4v) is 8.77. The maximum absolute atomic E-state index is 6.52. The zero-order valence-electron chi connectivity index (χ0n) is 20.3. The third kappa shape index (κ3) is 6.06. The number of benzene rings is 2. The number of ether oxygens (including phenoxy) is 1. The van der Waals surface area contributed by atoms with E-state index in [-0.39, 0.29) is 23.2 Å². The highest BCUT2D eigenvalue weighted by Gasteiger charge is 2.46. The van der Waals surface area contributed by atoms with E-state index in [2.05, 4.69) is 115 Å². The highest BCUT2D eigenvalue weighted by atomic mass is 31.1. The van der Waals surface area contributed by atoms with Crippen LogP contribution in [0.2, 0.25) is 19.6 Å². The molecule has 0 spiro atoms. The van der Waals surface area contributed by atoms with Gasteiger partial charge in [-0.25, -0.2) is 4.99 Å². The van der Waals surface area contributed by atoms with Crippen LogP contribution in [0.4, 0.5) is 0 Å². The van der Waals surface area contributed by atoms with Gasteiger partial charge in [0.05, 0.1) is 5.60 Å². The van der Waals surface area contributed by atoms with Crippen LogP contribution in [0.15, 0.2) is 65.7 Å². The molecule has 0 saturated heterocycles. The molecule has 0 amide bonds. The molecule has 1 aliphatic heterocycles. The zero-order valence-corrected chi connectivity index (χ0v) is 22.2. The second-order valence-electron chi connectivity index (χ2n) is 10.7. The van der Waals surface area contributed by atoms with Crippen LogP contribution in [0.1, 0.15) is 34.6 Å². The van der Waals surface area contributed by atoms with Gasteiger partial charge in [0, 0.05) is 5.41 Å². The number of aliphatic imine (C=N–C) groups is 1. The van der Waals surface area contributed by atoms with E-state index in [0.717, 1.165) is 12.1 Å². The lowest BCUT2D eigenvalue weighted by molar-refractivity contribution is 0.0359. The van der Waals surface area contributed by atoms with E-state index in [0.29, 0.717) is 0 Å². The van der Waals surface area contributed by atoms with Gasteiger partial charge in [0.15, 0.2) is 14.2 Å². The summed E-state index contributed by atoms with van der Waals surface area (Å²) in [5, 5.41) is 2.78. The summed E-state index contributed by atoms with van der Waals surface area (Å²) in [6.07, 6.45) is 1.00. The van der Waals surface area contributed by atoms with Gasteiger partial charge in [0.1, 0.15) is 12.1 Å². The first-order valence-corrected chi connectivity index (χ1v) is 16.2. The molecule has 2 aromatic rings. The lowest BCUT2D eigenvalue weighted by Gasteiger charge is -2.37. The fourth-order valence-electron chi connectivity index (χ4n) is 4.42. The predicted molar refractivity (Wildman–Crippen MR) is 138 cm³/mol. The zero-order chi connectivity index (χ0) is 22.9. The predicted octanol–water partition coefficient (Wildman–Crippen LogP) is 5.96. The number of nitrogens with zero attached hydrogens (tertiary/aromatic N) is 1. The number of hydrogen-bond acceptors (Lipinski definition) is 3. The standard InChI is InChI=1S/C26H38NO2PSi/c1-20-23(26(4,5)29-31(6,7)8)27-24(28-20)25(2,3)19-30(21-15-11-9-12-16-21)22-17-13-10-14-18-22/h9-18,20,23H,19H2,1-8H3/t20-,23-/m0/s1. The van der Waals surface area contributed by atoms with E-state index in [9.17, 15) is 0 Å². The van der Waals surface area contributed by atoms with Crippen molar-refractivity contribution in [3.63, 3.8) is 0 Å². The molecule has 0 saturated carbocycles. The van der Waals surface area contributed by atoms with Crippen LogP contribution in [0.25, 0.3) is 0 Å². The van der Waals surface area contributed by atoms with Crippen LogP contribution in [0.5, 0.6) is 0 Å². The maximum atomic E-state index is 6.52. The van der Waals surface area contributed by atoms with Gasteiger partial charge in [-0.3, -0.25) is 0 Å². The van der Waals surface area contributed by atoms with E-state index >= 15 is 0 Å². The third-order valence-electron chi connectivity index (χ3n) is 5.55. The summed E-state index contributed by atoms with van der Waals surface area (Å²) in [6, 6.07) is 21.7. The van der Waals surface area contributed by atoms with Crippen molar-refractivity contribution in [1.82, 2.24) is 0 Å². The molecule has 0 aromatic heterocycles. The van der Waals surface area contributed by atoms with Crippen molar-refractivity contribution in [1.29, 1.82) is 0 Å². The van der Waals surface area contributed by atoms with Gasteiger partial charge in [-0.15, -0.1) is 0 Å². The monoisotopic (exact) mass is 455 g/mol. The van der Waals surface area contributed by atoms with E-state index in [1.165, 1.54) is 10.6 Å². The summed E-state index contributed by atoms with van der Waals surface area (Å²) in [5.41, 5.74) is -0.513. The first kappa shape index (κ1) is 24.2. The Bertz CT molecular complexity index is 851. The Labute approximate surface area is 191 Å². The molecular weight excluding hydrogens is 417 g/mol. The van der Waals surface area contributed by atoms with E-state index in [1.807, 2.05) is 0 Å². The van der Waals surface area contributed by atoms with Gasteiger partial charge < -0.3 is 9.16 Å². The van der Waals surface area contributed by atoms with Crippen molar-refractivity contribution in [3.05, 3.63) is 60.7 Å². The highest BCUT2D eigenvalue weighted by molar-refractivity contribution is 7.73. The normalized spacial score (nSPS) is 20.0. The van der Waals surface area contributed by atoms with Crippen molar-refractivity contribution in [2.24, 2.45) is 10.4 Å². The second kappa shape index (κ2) is 9.17. The van der Waals surface area contributed by atoms with Gasteiger partial charge in [0.2, 0.25) is 0 Å². The molecule has 0 radical (unpaired) electrons. The molecular formula is C26H38NO2PSi. The number of rotatable bonds is 8. The largest absolute Gasteiger partial charge is 0.475 e. The summed E-state index contributed by atoms with van der Waals surface area (Å²) in [4.78, 5) is 5.14. The minimum Gasteiger partial charge on any atom is -0.475 e. The highest BCUT2D eigenvalue weighted by Crippen LogP contribution is 2.43. The van der Waals surface area contributed by atoms with Crippen molar-refractivity contribution in [2.45, 2.75) is 72.0 Å². The second-order valence-corrected chi connectivity index (χ2v) is 17.3.